The van der Waals surface area contributed by atoms with Gasteiger partial charge in [-0.15, -0.1) is 0 Å². The van der Waals surface area contributed by atoms with Gasteiger partial charge < -0.3 is 24.6 Å². The molecule has 1 fully saturated rings. The number of rotatable bonds is 5. The number of nitro groups is 1. The van der Waals surface area contributed by atoms with Crippen LogP contribution in [0.2, 0.25) is 0 Å². The summed E-state index contributed by atoms with van der Waals surface area (Å²) in [6, 6.07) is 11.8. The van der Waals surface area contributed by atoms with E-state index >= 15 is 0 Å². The van der Waals surface area contributed by atoms with Gasteiger partial charge in [-0.2, -0.15) is 0 Å². The van der Waals surface area contributed by atoms with E-state index in [-0.39, 0.29) is 30.6 Å². The lowest BCUT2D eigenvalue weighted by Crippen LogP contribution is -2.53. The van der Waals surface area contributed by atoms with Crippen LogP contribution in [-0.4, -0.2) is 67.1 Å². The SMILES string of the molecule is Cc1ccc(NC(=O)CN2C[C@@H](C(=O)N3CCOCC3)Oc3ccccc32)cc1[N+](=O)[O-]. The van der Waals surface area contributed by atoms with Crippen molar-refractivity contribution in [2.24, 2.45) is 0 Å². The molecule has 0 spiro atoms. The second-order valence-electron chi connectivity index (χ2n) is 7.70. The number of morpholine rings is 1. The maximum atomic E-state index is 13.0. The lowest BCUT2D eigenvalue weighted by molar-refractivity contribution is -0.385. The molecule has 0 unspecified atom stereocenters. The third-order valence-corrected chi connectivity index (χ3v) is 5.48. The molecule has 1 saturated heterocycles. The van der Waals surface area contributed by atoms with Crippen molar-refractivity contribution in [1.29, 1.82) is 0 Å². The van der Waals surface area contributed by atoms with Crippen LogP contribution >= 0.6 is 0 Å². The quantitative estimate of drug-likeness (QED) is 0.558. The van der Waals surface area contributed by atoms with Crippen LogP contribution in [-0.2, 0) is 14.3 Å². The Morgan fingerprint density at radius 3 is 2.69 bits per heavy atom. The summed E-state index contributed by atoms with van der Waals surface area (Å²) in [5, 5.41) is 13.9. The molecule has 1 atom stereocenters. The molecule has 10 heteroatoms. The minimum Gasteiger partial charge on any atom is -0.477 e. The van der Waals surface area contributed by atoms with Crippen LogP contribution in [0.1, 0.15) is 5.56 Å². The number of benzene rings is 2. The van der Waals surface area contributed by atoms with Crippen molar-refractivity contribution in [3.8, 4) is 5.75 Å². The molecule has 4 rings (SSSR count). The fourth-order valence-corrected chi connectivity index (χ4v) is 3.83. The Bertz CT molecular complexity index is 1040. The topological polar surface area (TPSA) is 114 Å². The number of hydrogen-bond acceptors (Lipinski definition) is 7. The van der Waals surface area contributed by atoms with Crippen molar-refractivity contribution in [3.63, 3.8) is 0 Å². The van der Waals surface area contributed by atoms with E-state index in [0.717, 1.165) is 0 Å². The van der Waals surface area contributed by atoms with Gasteiger partial charge in [-0.3, -0.25) is 19.7 Å². The van der Waals surface area contributed by atoms with E-state index in [2.05, 4.69) is 5.32 Å². The van der Waals surface area contributed by atoms with Crippen molar-refractivity contribution in [3.05, 3.63) is 58.1 Å². The lowest BCUT2D eigenvalue weighted by Gasteiger charge is -2.38. The van der Waals surface area contributed by atoms with E-state index in [1.807, 2.05) is 18.2 Å². The van der Waals surface area contributed by atoms with Crippen LogP contribution < -0.4 is 15.0 Å². The normalized spacial score (nSPS) is 17.8. The van der Waals surface area contributed by atoms with Gasteiger partial charge in [-0.1, -0.05) is 18.2 Å². The number of amides is 2. The molecule has 2 aromatic rings. The average Bonchev–Trinajstić information content (AvgIpc) is 2.80. The molecule has 1 N–H and O–H groups in total. The van der Waals surface area contributed by atoms with Gasteiger partial charge in [-0.05, 0) is 25.1 Å². The first-order valence-corrected chi connectivity index (χ1v) is 10.3. The molecule has 32 heavy (non-hydrogen) atoms. The van der Waals surface area contributed by atoms with E-state index in [4.69, 9.17) is 9.47 Å². The summed E-state index contributed by atoms with van der Waals surface area (Å²) in [5.74, 6) is 0.0453. The maximum absolute atomic E-state index is 13.0. The van der Waals surface area contributed by atoms with Crippen LogP contribution in [0.15, 0.2) is 42.5 Å². The zero-order valence-electron chi connectivity index (χ0n) is 17.7. The highest BCUT2D eigenvalue weighted by molar-refractivity contribution is 5.95. The summed E-state index contributed by atoms with van der Waals surface area (Å²) < 4.78 is 11.3. The molecule has 168 valence electrons. The van der Waals surface area contributed by atoms with E-state index in [1.165, 1.54) is 6.07 Å². The lowest BCUT2D eigenvalue weighted by atomic mass is 10.1. The van der Waals surface area contributed by atoms with Gasteiger partial charge in [0, 0.05) is 30.4 Å². The highest BCUT2D eigenvalue weighted by Gasteiger charge is 2.34. The van der Waals surface area contributed by atoms with Gasteiger partial charge in [0.2, 0.25) is 5.91 Å². The number of nitrogens with zero attached hydrogens (tertiary/aromatic N) is 3. The Morgan fingerprint density at radius 1 is 1.19 bits per heavy atom. The third-order valence-electron chi connectivity index (χ3n) is 5.48. The highest BCUT2D eigenvalue weighted by atomic mass is 16.6. The van der Waals surface area contributed by atoms with Gasteiger partial charge in [-0.25, -0.2) is 0 Å². The molecular weight excluding hydrogens is 416 g/mol. The predicted molar refractivity (Wildman–Crippen MR) is 117 cm³/mol. The zero-order valence-corrected chi connectivity index (χ0v) is 17.7. The molecule has 2 amide bonds. The largest absolute Gasteiger partial charge is 0.477 e. The van der Waals surface area contributed by atoms with E-state index < -0.39 is 11.0 Å². The number of nitro benzene ring substituents is 1. The average molecular weight is 440 g/mol. The van der Waals surface area contributed by atoms with Gasteiger partial charge in [0.05, 0.1) is 36.9 Å². The van der Waals surface area contributed by atoms with Crippen LogP contribution in [0.25, 0.3) is 0 Å². The molecule has 0 aliphatic carbocycles. The molecule has 2 aliphatic heterocycles. The standard InChI is InChI=1S/C22H24N4O6/c1-15-6-7-16(12-18(15)26(29)30)23-21(27)14-25-13-20(22(28)24-8-10-31-11-9-24)32-19-5-3-2-4-17(19)25/h2-7,12,20H,8-11,13-14H2,1H3,(H,23,27)/t20-/m0/s1. The molecule has 0 bridgehead atoms. The molecule has 0 aromatic heterocycles. The Labute approximate surface area is 184 Å². The summed E-state index contributed by atoms with van der Waals surface area (Å²) in [4.78, 5) is 39.9. The number of fused-ring (bicyclic) bond motifs is 1. The van der Waals surface area contributed by atoms with E-state index in [9.17, 15) is 19.7 Å². The number of anilines is 2. The molecule has 2 heterocycles. The van der Waals surface area contributed by atoms with Crippen LogP contribution in [0, 0.1) is 17.0 Å². The maximum Gasteiger partial charge on any atom is 0.274 e. The Hall–Kier alpha value is -3.66. The second-order valence-corrected chi connectivity index (χ2v) is 7.70. The Balaban J connectivity index is 1.49. The first-order chi connectivity index (χ1) is 15.4. The number of nitrogens with one attached hydrogen (secondary N) is 1. The van der Waals surface area contributed by atoms with E-state index in [0.29, 0.717) is 49.0 Å². The second kappa shape index (κ2) is 9.23. The minimum atomic E-state index is -0.740. The predicted octanol–water partition coefficient (Wildman–Crippen LogP) is 1.97. The monoisotopic (exact) mass is 440 g/mol. The molecule has 2 aromatic carbocycles. The van der Waals surface area contributed by atoms with Crippen molar-refractivity contribution in [2.75, 3.05) is 49.6 Å². The molecule has 0 radical (unpaired) electrons. The fourth-order valence-electron chi connectivity index (χ4n) is 3.83. The summed E-state index contributed by atoms with van der Waals surface area (Å²) in [6.45, 7) is 3.82. The zero-order chi connectivity index (χ0) is 22.7. The molecule has 10 nitrogen and oxygen atoms in total. The first kappa shape index (κ1) is 21.6. The van der Waals surface area contributed by atoms with Crippen LogP contribution in [0.3, 0.4) is 0 Å². The van der Waals surface area contributed by atoms with Gasteiger partial charge in [0.25, 0.3) is 11.6 Å². The van der Waals surface area contributed by atoms with Crippen molar-refractivity contribution >= 4 is 28.9 Å². The van der Waals surface area contributed by atoms with Crippen LogP contribution in [0.5, 0.6) is 5.75 Å². The number of carbonyl (C=O) groups is 2. The molecule has 2 aliphatic rings. The van der Waals surface area contributed by atoms with E-state index in [1.54, 1.807) is 34.9 Å². The summed E-state index contributed by atoms with van der Waals surface area (Å²) >= 11 is 0. The Morgan fingerprint density at radius 2 is 1.94 bits per heavy atom. The van der Waals surface area contributed by atoms with Gasteiger partial charge in [0.1, 0.15) is 5.75 Å². The van der Waals surface area contributed by atoms with Crippen LogP contribution in [0.4, 0.5) is 17.1 Å². The van der Waals surface area contributed by atoms with Crippen molar-refractivity contribution in [2.45, 2.75) is 13.0 Å². The molecule has 0 saturated carbocycles. The summed E-state index contributed by atoms with van der Waals surface area (Å²) in [5.41, 5.74) is 1.51. The number of carbonyl (C=O) groups excluding carboxylic acids is 2. The number of para-hydroxylation sites is 2. The van der Waals surface area contributed by atoms with Gasteiger partial charge in [0.15, 0.2) is 6.10 Å². The number of hydrogen-bond donors (Lipinski definition) is 1. The third kappa shape index (κ3) is 4.65. The highest BCUT2D eigenvalue weighted by Crippen LogP contribution is 2.33. The summed E-state index contributed by atoms with van der Waals surface area (Å²) in [7, 11) is 0. The van der Waals surface area contributed by atoms with Gasteiger partial charge >= 0.3 is 0 Å². The first-order valence-electron chi connectivity index (χ1n) is 10.3. The minimum absolute atomic E-state index is 0.0328. The van der Waals surface area contributed by atoms with Crippen molar-refractivity contribution < 1.29 is 24.0 Å². The number of ether oxygens (including phenoxy) is 2. The van der Waals surface area contributed by atoms with Crippen molar-refractivity contribution in [1.82, 2.24) is 4.90 Å². The smallest absolute Gasteiger partial charge is 0.274 e. The fraction of sp³-hybridized carbons (Fsp3) is 0.364. The molecular formula is C22H24N4O6. The summed E-state index contributed by atoms with van der Waals surface area (Å²) in [6.07, 6.45) is -0.740. The number of aryl methyl sites for hydroxylation is 1. The Kier molecular flexibility index (Phi) is 6.22.